The Bertz CT molecular complexity index is 659. The van der Waals surface area contributed by atoms with Crippen molar-refractivity contribution in [3.8, 4) is 6.07 Å². The molecule has 0 saturated carbocycles. The van der Waals surface area contributed by atoms with Crippen molar-refractivity contribution in [1.29, 1.82) is 5.26 Å². The zero-order valence-electron chi connectivity index (χ0n) is 10.9. The summed E-state index contributed by atoms with van der Waals surface area (Å²) in [5.74, 6) is -0.227. The van der Waals surface area contributed by atoms with Gasteiger partial charge in [-0.15, -0.1) is 0 Å². The van der Waals surface area contributed by atoms with E-state index in [1.807, 2.05) is 13.0 Å². The third-order valence-electron chi connectivity index (χ3n) is 2.88. The summed E-state index contributed by atoms with van der Waals surface area (Å²) in [6, 6.07) is 8.44. The number of halogens is 1. The molecule has 0 aliphatic carbocycles. The molecule has 0 radical (unpaired) electrons. The fourth-order valence-electron chi connectivity index (χ4n) is 1.88. The first-order valence-corrected chi connectivity index (χ1v) is 6.53. The second-order valence-corrected chi connectivity index (χ2v) is 4.65. The van der Waals surface area contributed by atoms with Gasteiger partial charge in [0.05, 0.1) is 22.5 Å². The van der Waals surface area contributed by atoms with E-state index in [9.17, 15) is 4.79 Å². The number of rotatable bonds is 4. The molecule has 5 nitrogen and oxygen atoms in total. The summed E-state index contributed by atoms with van der Waals surface area (Å²) in [4.78, 5) is 12.3. The van der Waals surface area contributed by atoms with Crippen molar-refractivity contribution in [3.63, 3.8) is 0 Å². The number of hydrogen-bond acceptors (Lipinski definition) is 3. The Hall–Kier alpha value is -2.32. The molecule has 1 heterocycles. The first-order chi connectivity index (χ1) is 9.65. The highest BCUT2D eigenvalue weighted by Gasteiger charge is 2.20. The molecule has 0 fully saturated rings. The summed E-state index contributed by atoms with van der Waals surface area (Å²) in [6.45, 7) is 1.88. The third-order valence-corrected chi connectivity index (χ3v) is 3.08. The van der Waals surface area contributed by atoms with Crippen LogP contribution in [0.2, 0.25) is 5.02 Å². The van der Waals surface area contributed by atoms with E-state index in [0.717, 1.165) is 0 Å². The Morgan fingerprint density at radius 3 is 2.90 bits per heavy atom. The third kappa shape index (κ3) is 2.98. The Labute approximate surface area is 121 Å². The minimum atomic E-state index is -0.464. The number of benzene rings is 1. The van der Waals surface area contributed by atoms with Crippen molar-refractivity contribution in [2.45, 2.75) is 19.4 Å². The van der Waals surface area contributed by atoms with E-state index in [0.29, 0.717) is 22.7 Å². The minimum Gasteiger partial charge on any atom is -0.323 e. The molecule has 1 N–H and O–H groups in total. The van der Waals surface area contributed by atoms with Gasteiger partial charge in [0.25, 0.3) is 0 Å². The monoisotopic (exact) mass is 288 g/mol. The van der Waals surface area contributed by atoms with E-state index in [1.165, 1.54) is 10.9 Å². The Balaban J connectivity index is 2.20. The number of para-hydroxylation sites is 1. The van der Waals surface area contributed by atoms with Gasteiger partial charge in [0.2, 0.25) is 5.91 Å². The molecule has 1 amide bonds. The molecule has 2 aromatic rings. The van der Waals surface area contributed by atoms with Gasteiger partial charge in [-0.05, 0) is 18.6 Å². The van der Waals surface area contributed by atoms with Gasteiger partial charge in [-0.1, -0.05) is 30.7 Å². The first kappa shape index (κ1) is 14.1. The molecule has 1 atom stereocenters. The molecule has 0 unspecified atom stereocenters. The lowest BCUT2D eigenvalue weighted by atomic mass is 10.1. The van der Waals surface area contributed by atoms with E-state index in [-0.39, 0.29) is 5.91 Å². The van der Waals surface area contributed by atoms with E-state index >= 15 is 0 Å². The summed E-state index contributed by atoms with van der Waals surface area (Å²) < 4.78 is 1.52. The number of carbonyl (C=O) groups is 1. The standard InChI is InChI=1S/C14H13ClN4O/c1-2-13(19-9-11(15)8-17-19)14(20)18-12-6-4-3-5-10(12)7-16/h3-6,8-9,13H,2H2,1H3,(H,18,20)/t13-/m0/s1. The Morgan fingerprint density at radius 2 is 2.30 bits per heavy atom. The lowest BCUT2D eigenvalue weighted by Crippen LogP contribution is -2.26. The van der Waals surface area contributed by atoms with Crippen LogP contribution in [-0.4, -0.2) is 15.7 Å². The van der Waals surface area contributed by atoms with Crippen molar-refractivity contribution < 1.29 is 4.79 Å². The van der Waals surface area contributed by atoms with Crippen molar-refractivity contribution in [2.24, 2.45) is 0 Å². The lowest BCUT2D eigenvalue weighted by Gasteiger charge is -2.16. The maximum absolute atomic E-state index is 12.3. The highest BCUT2D eigenvalue weighted by Crippen LogP contribution is 2.19. The summed E-state index contributed by atoms with van der Waals surface area (Å²) in [5.41, 5.74) is 0.922. The van der Waals surface area contributed by atoms with E-state index < -0.39 is 6.04 Å². The molecule has 102 valence electrons. The predicted molar refractivity (Wildman–Crippen MR) is 76.4 cm³/mol. The van der Waals surface area contributed by atoms with Gasteiger partial charge in [0, 0.05) is 6.20 Å². The van der Waals surface area contributed by atoms with Crippen LogP contribution in [0.15, 0.2) is 36.7 Å². The fraction of sp³-hybridized carbons (Fsp3) is 0.214. The van der Waals surface area contributed by atoms with Crippen molar-refractivity contribution >= 4 is 23.2 Å². The molecule has 1 aromatic carbocycles. The van der Waals surface area contributed by atoms with E-state index in [1.54, 1.807) is 30.5 Å². The van der Waals surface area contributed by atoms with Gasteiger partial charge < -0.3 is 5.32 Å². The van der Waals surface area contributed by atoms with Gasteiger partial charge in [-0.3, -0.25) is 9.48 Å². The number of nitrogens with zero attached hydrogens (tertiary/aromatic N) is 3. The molecule has 0 aliphatic heterocycles. The van der Waals surface area contributed by atoms with Crippen LogP contribution < -0.4 is 5.32 Å². The number of amides is 1. The fourth-order valence-corrected chi connectivity index (χ4v) is 2.03. The number of nitriles is 1. The number of anilines is 1. The van der Waals surface area contributed by atoms with Gasteiger partial charge >= 0.3 is 0 Å². The molecule has 1 aromatic heterocycles. The number of carbonyl (C=O) groups excluding carboxylic acids is 1. The molecular weight excluding hydrogens is 276 g/mol. The minimum absolute atomic E-state index is 0.227. The highest BCUT2D eigenvalue weighted by molar-refractivity contribution is 6.30. The van der Waals surface area contributed by atoms with Crippen molar-refractivity contribution in [3.05, 3.63) is 47.2 Å². The van der Waals surface area contributed by atoms with Crippen LogP contribution in [-0.2, 0) is 4.79 Å². The average molecular weight is 289 g/mol. The van der Waals surface area contributed by atoms with Crippen molar-refractivity contribution in [1.82, 2.24) is 9.78 Å². The van der Waals surface area contributed by atoms with Gasteiger partial charge in [-0.25, -0.2) is 0 Å². The zero-order valence-corrected chi connectivity index (χ0v) is 11.6. The quantitative estimate of drug-likeness (QED) is 0.940. The highest BCUT2D eigenvalue weighted by atomic mass is 35.5. The average Bonchev–Trinajstić information content (AvgIpc) is 2.86. The molecule has 0 spiro atoms. The second-order valence-electron chi connectivity index (χ2n) is 4.21. The van der Waals surface area contributed by atoms with Crippen LogP contribution in [0.1, 0.15) is 24.9 Å². The van der Waals surface area contributed by atoms with Gasteiger partial charge in [0.1, 0.15) is 12.1 Å². The number of nitrogens with one attached hydrogen (secondary N) is 1. The number of aromatic nitrogens is 2. The van der Waals surface area contributed by atoms with Gasteiger partial charge in [0.15, 0.2) is 0 Å². The Morgan fingerprint density at radius 1 is 1.55 bits per heavy atom. The molecule has 2 rings (SSSR count). The summed E-state index contributed by atoms with van der Waals surface area (Å²) in [7, 11) is 0. The lowest BCUT2D eigenvalue weighted by molar-refractivity contribution is -0.119. The maximum Gasteiger partial charge on any atom is 0.249 e. The van der Waals surface area contributed by atoms with Gasteiger partial charge in [-0.2, -0.15) is 10.4 Å². The zero-order chi connectivity index (χ0) is 14.5. The Kier molecular flexibility index (Phi) is 4.38. The van der Waals surface area contributed by atoms with Crippen molar-refractivity contribution in [2.75, 3.05) is 5.32 Å². The molecule has 0 bridgehead atoms. The molecule has 0 aliphatic rings. The number of hydrogen-bond donors (Lipinski definition) is 1. The SMILES string of the molecule is CC[C@@H](C(=O)Nc1ccccc1C#N)n1cc(Cl)cn1. The first-order valence-electron chi connectivity index (χ1n) is 6.15. The summed E-state index contributed by atoms with van der Waals surface area (Å²) in [5, 5.41) is 16.3. The van der Waals surface area contributed by atoms with E-state index in [2.05, 4.69) is 10.4 Å². The van der Waals surface area contributed by atoms with Crippen LogP contribution in [0.5, 0.6) is 0 Å². The largest absolute Gasteiger partial charge is 0.323 e. The summed E-state index contributed by atoms with van der Waals surface area (Å²) >= 11 is 5.82. The van der Waals surface area contributed by atoms with Crippen LogP contribution >= 0.6 is 11.6 Å². The van der Waals surface area contributed by atoms with Crippen LogP contribution in [0.3, 0.4) is 0 Å². The normalized spacial score (nSPS) is 11.7. The predicted octanol–water partition coefficient (Wildman–Crippen LogP) is 3.00. The molecule has 20 heavy (non-hydrogen) atoms. The maximum atomic E-state index is 12.3. The van der Waals surface area contributed by atoms with Crippen LogP contribution in [0.25, 0.3) is 0 Å². The topological polar surface area (TPSA) is 70.7 Å². The van der Waals surface area contributed by atoms with Crippen LogP contribution in [0.4, 0.5) is 5.69 Å². The van der Waals surface area contributed by atoms with E-state index in [4.69, 9.17) is 16.9 Å². The molecular formula is C14H13ClN4O. The molecule has 6 heteroatoms. The van der Waals surface area contributed by atoms with Crippen LogP contribution in [0, 0.1) is 11.3 Å². The molecule has 0 saturated heterocycles. The second kappa shape index (κ2) is 6.22. The smallest absolute Gasteiger partial charge is 0.249 e. The summed E-state index contributed by atoms with van der Waals surface area (Å²) in [6.07, 6.45) is 3.66.